The SMILES string of the molecule is CC(C)C(NCCc1ccc(CSc2cccc3c2CN(C2CCC(=O)NC2=O)C3=O)cc1)C(C)C. The standard InChI is InChI=1S/C29H37N3O3S/c1-18(2)27(19(3)4)30-15-14-20-8-10-21(11-9-20)17-36-25-7-5-6-22-23(25)16-32(29(22)35)24-12-13-26(33)31-28(24)34/h5-11,18-19,24,27,30H,12-17H2,1-4H3,(H,31,33,34). The highest BCUT2D eigenvalue weighted by Gasteiger charge is 2.39. The average molecular weight is 508 g/mol. The first-order valence-electron chi connectivity index (χ1n) is 12.9. The Kier molecular flexibility index (Phi) is 8.52. The van der Waals surface area contributed by atoms with Gasteiger partial charge in [0.2, 0.25) is 11.8 Å². The highest BCUT2D eigenvalue weighted by molar-refractivity contribution is 7.98. The molecule has 0 radical (unpaired) electrons. The molecule has 2 N–H and O–H groups in total. The summed E-state index contributed by atoms with van der Waals surface area (Å²) >= 11 is 1.72. The van der Waals surface area contributed by atoms with Crippen LogP contribution < -0.4 is 10.6 Å². The lowest BCUT2D eigenvalue weighted by Gasteiger charge is -2.29. The molecule has 0 spiro atoms. The van der Waals surface area contributed by atoms with Crippen LogP contribution in [0.15, 0.2) is 47.4 Å². The summed E-state index contributed by atoms with van der Waals surface area (Å²) in [5.74, 6) is 1.28. The predicted molar refractivity (Wildman–Crippen MR) is 144 cm³/mol. The zero-order valence-corrected chi connectivity index (χ0v) is 22.5. The largest absolute Gasteiger partial charge is 0.322 e. The molecular formula is C29H37N3O3S. The van der Waals surface area contributed by atoms with Crippen LogP contribution in [0.4, 0.5) is 0 Å². The summed E-state index contributed by atoms with van der Waals surface area (Å²) in [5.41, 5.74) is 4.20. The van der Waals surface area contributed by atoms with Crippen LogP contribution in [0.3, 0.4) is 0 Å². The number of benzene rings is 2. The van der Waals surface area contributed by atoms with Crippen LogP contribution in [0.25, 0.3) is 0 Å². The number of thioether (sulfide) groups is 1. The fraction of sp³-hybridized carbons (Fsp3) is 0.483. The topological polar surface area (TPSA) is 78.5 Å². The first-order valence-corrected chi connectivity index (χ1v) is 13.9. The van der Waals surface area contributed by atoms with Crippen molar-refractivity contribution >= 4 is 29.5 Å². The van der Waals surface area contributed by atoms with Crippen LogP contribution in [-0.4, -0.2) is 41.2 Å². The number of nitrogens with zero attached hydrogens (tertiary/aromatic N) is 1. The van der Waals surface area contributed by atoms with Crippen molar-refractivity contribution in [3.8, 4) is 0 Å². The van der Waals surface area contributed by atoms with Crippen molar-refractivity contribution in [2.45, 2.75) is 76.2 Å². The Labute approximate surface area is 218 Å². The predicted octanol–water partition coefficient (Wildman–Crippen LogP) is 4.55. The number of amides is 3. The fourth-order valence-corrected chi connectivity index (χ4v) is 6.32. The van der Waals surface area contributed by atoms with Gasteiger partial charge in [-0.05, 0) is 60.0 Å². The van der Waals surface area contributed by atoms with Crippen LogP contribution in [0, 0.1) is 11.8 Å². The molecule has 7 heteroatoms. The van der Waals surface area contributed by atoms with Crippen LogP contribution in [0.5, 0.6) is 0 Å². The highest BCUT2D eigenvalue weighted by atomic mass is 32.2. The van der Waals surface area contributed by atoms with Crippen molar-refractivity contribution in [3.63, 3.8) is 0 Å². The van der Waals surface area contributed by atoms with E-state index in [1.54, 1.807) is 16.7 Å². The van der Waals surface area contributed by atoms with Gasteiger partial charge in [0, 0.05) is 35.2 Å². The van der Waals surface area contributed by atoms with Crippen LogP contribution >= 0.6 is 11.8 Å². The number of nitrogens with one attached hydrogen (secondary N) is 2. The average Bonchev–Trinajstić information content (AvgIpc) is 3.17. The maximum absolute atomic E-state index is 13.0. The summed E-state index contributed by atoms with van der Waals surface area (Å²) in [4.78, 5) is 39.6. The minimum atomic E-state index is -0.584. The summed E-state index contributed by atoms with van der Waals surface area (Å²) < 4.78 is 0. The number of carbonyl (C=O) groups is 3. The van der Waals surface area contributed by atoms with Gasteiger partial charge in [0.15, 0.2) is 0 Å². The van der Waals surface area contributed by atoms with E-state index >= 15 is 0 Å². The quantitative estimate of drug-likeness (QED) is 0.364. The van der Waals surface area contributed by atoms with Gasteiger partial charge in [-0.3, -0.25) is 19.7 Å². The molecule has 1 fully saturated rings. The normalized spacial score (nSPS) is 17.9. The van der Waals surface area contributed by atoms with Gasteiger partial charge in [0.25, 0.3) is 5.91 Å². The van der Waals surface area contributed by atoms with E-state index in [1.165, 1.54) is 11.1 Å². The third-order valence-corrected chi connectivity index (χ3v) is 8.36. The molecule has 2 heterocycles. The first-order chi connectivity index (χ1) is 17.2. The molecule has 3 amide bonds. The molecule has 2 aromatic rings. The van der Waals surface area contributed by atoms with Gasteiger partial charge >= 0.3 is 0 Å². The second-order valence-corrected chi connectivity index (χ2v) is 11.5. The van der Waals surface area contributed by atoms with Gasteiger partial charge < -0.3 is 10.2 Å². The molecule has 0 saturated carbocycles. The summed E-state index contributed by atoms with van der Waals surface area (Å²) in [7, 11) is 0. The maximum atomic E-state index is 13.0. The van der Waals surface area contributed by atoms with E-state index in [4.69, 9.17) is 0 Å². The smallest absolute Gasteiger partial charge is 0.255 e. The number of hydrogen-bond acceptors (Lipinski definition) is 5. The van der Waals surface area contributed by atoms with E-state index in [0.717, 1.165) is 29.2 Å². The molecule has 4 rings (SSSR count). The van der Waals surface area contributed by atoms with Gasteiger partial charge in [-0.1, -0.05) is 58.0 Å². The molecule has 0 aromatic heterocycles. The van der Waals surface area contributed by atoms with E-state index < -0.39 is 6.04 Å². The molecule has 2 aliphatic rings. The number of piperidine rings is 1. The van der Waals surface area contributed by atoms with Crippen molar-refractivity contribution in [2.75, 3.05) is 6.54 Å². The molecule has 6 nitrogen and oxygen atoms in total. The zero-order chi connectivity index (χ0) is 25.8. The summed E-state index contributed by atoms with van der Waals surface area (Å²) in [6.45, 7) is 10.5. The number of carbonyl (C=O) groups excluding carboxylic acids is 3. The van der Waals surface area contributed by atoms with Gasteiger partial charge in [-0.25, -0.2) is 0 Å². The molecule has 1 atom stereocenters. The Morgan fingerprint density at radius 1 is 1.00 bits per heavy atom. The zero-order valence-electron chi connectivity index (χ0n) is 21.7. The molecule has 0 aliphatic carbocycles. The van der Waals surface area contributed by atoms with Crippen LogP contribution in [0.1, 0.15) is 67.6 Å². The van der Waals surface area contributed by atoms with Crippen molar-refractivity contribution in [2.24, 2.45) is 11.8 Å². The number of fused-ring (bicyclic) bond motifs is 1. The number of imide groups is 1. The second kappa shape index (κ2) is 11.6. The summed E-state index contributed by atoms with van der Waals surface area (Å²) in [6, 6.07) is 14.5. The van der Waals surface area contributed by atoms with E-state index in [9.17, 15) is 14.4 Å². The molecular weight excluding hydrogens is 470 g/mol. The van der Waals surface area contributed by atoms with Crippen molar-refractivity contribution in [1.82, 2.24) is 15.5 Å². The van der Waals surface area contributed by atoms with E-state index in [0.29, 0.717) is 36.4 Å². The Bertz CT molecular complexity index is 1110. The molecule has 1 unspecified atom stereocenters. The third-order valence-electron chi connectivity index (χ3n) is 7.19. The lowest BCUT2D eigenvalue weighted by molar-refractivity contribution is -0.136. The Balaban J connectivity index is 1.34. The van der Waals surface area contributed by atoms with Crippen molar-refractivity contribution in [3.05, 3.63) is 64.7 Å². The van der Waals surface area contributed by atoms with Gasteiger partial charge in [0.1, 0.15) is 6.04 Å². The summed E-state index contributed by atoms with van der Waals surface area (Å²) in [5, 5.41) is 6.08. The first kappa shape index (κ1) is 26.4. The lowest BCUT2D eigenvalue weighted by Crippen LogP contribution is -2.52. The van der Waals surface area contributed by atoms with E-state index in [-0.39, 0.29) is 24.1 Å². The van der Waals surface area contributed by atoms with Gasteiger partial charge in [0.05, 0.1) is 0 Å². The monoisotopic (exact) mass is 507 g/mol. The Hall–Kier alpha value is -2.64. The van der Waals surface area contributed by atoms with Gasteiger partial charge in [-0.15, -0.1) is 11.8 Å². The number of rotatable bonds is 10. The molecule has 1 saturated heterocycles. The van der Waals surface area contributed by atoms with Crippen molar-refractivity contribution < 1.29 is 14.4 Å². The van der Waals surface area contributed by atoms with Gasteiger partial charge in [-0.2, -0.15) is 0 Å². The van der Waals surface area contributed by atoms with Crippen molar-refractivity contribution in [1.29, 1.82) is 0 Å². The molecule has 0 bridgehead atoms. The molecule has 2 aromatic carbocycles. The highest BCUT2D eigenvalue weighted by Crippen LogP contribution is 2.35. The Morgan fingerprint density at radius 2 is 1.69 bits per heavy atom. The molecule has 2 aliphatic heterocycles. The van der Waals surface area contributed by atoms with E-state index in [2.05, 4.69) is 62.6 Å². The van der Waals surface area contributed by atoms with Crippen LogP contribution in [-0.2, 0) is 28.3 Å². The van der Waals surface area contributed by atoms with E-state index in [1.807, 2.05) is 18.2 Å². The maximum Gasteiger partial charge on any atom is 0.255 e. The van der Waals surface area contributed by atoms with Crippen LogP contribution in [0.2, 0.25) is 0 Å². The molecule has 36 heavy (non-hydrogen) atoms. The fourth-order valence-electron chi connectivity index (χ4n) is 5.28. The third kappa shape index (κ3) is 6.01. The second-order valence-electron chi connectivity index (χ2n) is 10.5. The minimum absolute atomic E-state index is 0.128. The molecule has 192 valence electrons. The lowest BCUT2D eigenvalue weighted by atomic mass is 9.93. The Morgan fingerprint density at radius 3 is 2.36 bits per heavy atom. The number of hydrogen-bond donors (Lipinski definition) is 2. The minimum Gasteiger partial charge on any atom is -0.322 e. The summed E-state index contributed by atoms with van der Waals surface area (Å²) in [6.07, 6.45) is 1.65.